The van der Waals surface area contributed by atoms with Gasteiger partial charge in [0.15, 0.2) is 6.61 Å². The molecule has 2 atom stereocenters. The number of carbonyl (C=O) groups is 2. The van der Waals surface area contributed by atoms with E-state index in [1.807, 2.05) is 112 Å². The number of rotatable bonds is 11. The van der Waals surface area contributed by atoms with Crippen LogP contribution in [0.25, 0.3) is 10.8 Å². The van der Waals surface area contributed by atoms with Gasteiger partial charge in [0.05, 0.1) is 4.47 Å². The summed E-state index contributed by atoms with van der Waals surface area (Å²) in [4.78, 5) is 29.2. The van der Waals surface area contributed by atoms with Crippen LogP contribution in [0.4, 0.5) is 0 Å². The van der Waals surface area contributed by atoms with Gasteiger partial charge in [-0.2, -0.15) is 0 Å². The average Bonchev–Trinajstić information content (AvgIpc) is 2.95. The lowest BCUT2D eigenvalue weighted by Crippen LogP contribution is -2.53. The maximum absolute atomic E-state index is 13.9. The van der Waals surface area contributed by atoms with Crippen molar-refractivity contribution in [2.24, 2.45) is 0 Å². The first kappa shape index (κ1) is 28.4. The van der Waals surface area contributed by atoms with Crippen molar-refractivity contribution in [1.82, 2.24) is 10.2 Å². The van der Waals surface area contributed by atoms with Gasteiger partial charge in [-0.1, -0.05) is 97.4 Å². The number of aryl methyl sites for hydroxylation is 1. The number of nitrogens with zero attached hydrogens (tertiary/aromatic N) is 1. The molecule has 6 heteroatoms. The molecule has 5 nitrogen and oxygen atoms in total. The minimum Gasteiger partial charge on any atom is -0.483 e. The molecule has 4 aromatic carbocycles. The highest BCUT2D eigenvalue weighted by Gasteiger charge is 2.31. The Morgan fingerprint density at radius 1 is 0.923 bits per heavy atom. The van der Waals surface area contributed by atoms with Crippen molar-refractivity contribution in [2.45, 2.75) is 52.2 Å². The molecule has 0 unspecified atom stereocenters. The number of amides is 2. The quantitative estimate of drug-likeness (QED) is 0.209. The van der Waals surface area contributed by atoms with E-state index in [9.17, 15) is 9.59 Å². The van der Waals surface area contributed by atoms with Crippen LogP contribution in [-0.2, 0) is 22.6 Å². The number of hydrogen-bond acceptors (Lipinski definition) is 3. The van der Waals surface area contributed by atoms with Gasteiger partial charge in [0, 0.05) is 19.0 Å². The van der Waals surface area contributed by atoms with E-state index in [0.29, 0.717) is 18.7 Å². The summed E-state index contributed by atoms with van der Waals surface area (Å²) in [6.45, 7) is 6.14. The second-order valence-electron chi connectivity index (χ2n) is 9.92. The maximum Gasteiger partial charge on any atom is 0.261 e. The van der Waals surface area contributed by atoms with E-state index < -0.39 is 6.04 Å². The van der Waals surface area contributed by atoms with Gasteiger partial charge in [-0.05, 0) is 64.2 Å². The second-order valence-corrected chi connectivity index (χ2v) is 10.7. The van der Waals surface area contributed by atoms with Crippen molar-refractivity contribution < 1.29 is 14.3 Å². The van der Waals surface area contributed by atoms with Crippen LogP contribution in [0.15, 0.2) is 95.5 Å². The third-order valence-electron chi connectivity index (χ3n) is 6.89. The van der Waals surface area contributed by atoms with E-state index in [4.69, 9.17) is 4.74 Å². The third-order valence-corrected chi connectivity index (χ3v) is 7.70. The lowest BCUT2D eigenvalue weighted by atomic mass is 10.0. The first-order valence-electron chi connectivity index (χ1n) is 13.3. The molecule has 0 spiro atoms. The van der Waals surface area contributed by atoms with Gasteiger partial charge in [-0.25, -0.2) is 0 Å². The number of ether oxygens (including phenoxy) is 1. The van der Waals surface area contributed by atoms with Crippen molar-refractivity contribution in [3.05, 3.63) is 112 Å². The normalized spacial score (nSPS) is 12.5. The first-order valence-corrected chi connectivity index (χ1v) is 14.1. The van der Waals surface area contributed by atoms with Crippen LogP contribution in [-0.4, -0.2) is 35.4 Å². The zero-order valence-corrected chi connectivity index (χ0v) is 24.3. The fourth-order valence-electron chi connectivity index (χ4n) is 4.55. The molecule has 202 valence electrons. The summed E-state index contributed by atoms with van der Waals surface area (Å²) in [6.07, 6.45) is 1.20. The van der Waals surface area contributed by atoms with Crippen LogP contribution in [0.2, 0.25) is 0 Å². The molecule has 4 aromatic rings. The Balaban J connectivity index is 1.64. The van der Waals surface area contributed by atoms with Crippen molar-refractivity contribution >= 4 is 38.5 Å². The van der Waals surface area contributed by atoms with Crippen LogP contribution in [0, 0.1) is 6.92 Å². The second kappa shape index (κ2) is 13.4. The van der Waals surface area contributed by atoms with E-state index in [-0.39, 0.29) is 24.5 Å². The highest BCUT2D eigenvalue weighted by Crippen LogP contribution is 2.33. The minimum absolute atomic E-state index is 0.00324. The summed E-state index contributed by atoms with van der Waals surface area (Å²) in [7, 11) is 0. The zero-order chi connectivity index (χ0) is 27.8. The van der Waals surface area contributed by atoms with Gasteiger partial charge in [-0.3, -0.25) is 9.59 Å². The maximum atomic E-state index is 13.9. The van der Waals surface area contributed by atoms with E-state index >= 15 is 0 Å². The van der Waals surface area contributed by atoms with Crippen molar-refractivity contribution in [2.75, 3.05) is 6.61 Å². The lowest BCUT2D eigenvalue weighted by molar-refractivity contribution is -0.143. The van der Waals surface area contributed by atoms with Gasteiger partial charge in [0.25, 0.3) is 5.91 Å². The molecule has 0 bridgehead atoms. The molecule has 39 heavy (non-hydrogen) atoms. The largest absolute Gasteiger partial charge is 0.483 e. The van der Waals surface area contributed by atoms with Crippen molar-refractivity contribution in [3.8, 4) is 5.75 Å². The fraction of sp³-hybridized carbons (Fsp3) is 0.273. The van der Waals surface area contributed by atoms with Gasteiger partial charge in [-0.15, -0.1) is 0 Å². The Bertz CT molecular complexity index is 1420. The fourth-order valence-corrected chi connectivity index (χ4v) is 5.16. The van der Waals surface area contributed by atoms with Crippen molar-refractivity contribution in [1.29, 1.82) is 0 Å². The zero-order valence-electron chi connectivity index (χ0n) is 22.7. The molecule has 2 amide bonds. The summed E-state index contributed by atoms with van der Waals surface area (Å²) in [5, 5.41) is 5.19. The molecule has 0 aromatic heterocycles. The number of nitrogens with one attached hydrogen (secondary N) is 1. The van der Waals surface area contributed by atoms with E-state index in [1.54, 1.807) is 4.90 Å². The Hall–Kier alpha value is -3.64. The van der Waals surface area contributed by atoms with Crippen LogP contribution < -0.4 is 10.1 Å². The summed E-state index contributed by atoms with van der Waals surface area (Å²) in [5.41, 5.74) is 3.05. The highest BCUT2D eigenvalue weighted by atomic mass is 79.9. The number of benzene rings is 4. The standard InChI is InChI=1S/C33H35BrN2O3/c1-4-24(3)35-33(38)29(20-25-12-6-5-7-13-25)36(21-26-14-10-11-23(2)19-26)31(37)22-39-30-18-17-27-15-8-9-16-28(27)32(30)34/h5-19,24,29H,4,20-22H2,1-3H3,(H,35,38)/t24-,29+/m1/s1. The molecule has 0 saturated heterocycles. The van der Waals surface area contributed by atoms with E-state index in [2.05, 4.69) is 21.2 Å². The Morgan fingerprint density at radius 3 is 2.38 bits per heavy atom. The van der Waals surface area contributed by atoms with Crippen LogP contribution >= 0.6 is 15.9 Å². The van der Waals surface area contributed by atoms with Crippen LogP contribution in [0.3, 0.4) is 0 Å². The molecule has 0 radical (unpaired) electrons. The number of carbonyl (C=O) groups excluding carboxylic acids is 2. The van der Waals surface area contributed by atoms with Gasteiger partial charge in [0.1, 0.15) is 11.8 Å². The van der Waals surface area contributed by atoms with Gasteiger partial charge < -0.3 is 15.0 Å². The number of fused-ring (bicyclic) bond motifs is 1. The molecular weight excluding hydrogens is 552 g/mol. The Morgan fingerprint density at radius 2 is 1.64 bits per heavy atom. The first-order chi connectivity index (χ1) is 18.9. The molecule has 0 heterocycles. The minimum atomic E-state index is -0.696. The SMILES string of the molecule is CC[C@@H](C)NC(=O)[C@H](Cc1ccccc1)N(Cc1cccc(C)c1)C(=O)COc1ccc2ccccc2c1Br. The summed E-state index contributed by atoms with van der Waals surface area (Å²) in [5.74, 6) is 0.166. The molecule has 0 saturated carbocycles. The summed E-state index contributed by atoms with van der Waals surface area (Å²) < 4.78 is 6.86. The predicted molar refractivity (Wildman–Crippen MR) is 161 cm³/mol. The van der Waals surface area contributed by atoms with Crippen molar-refractivity contribution in [3.63, 3.8) is 0 Å². The molecule has 0 aliphatic rings. The summed E-state index contributed by atoms with van der Waals surface area (Å²) >= 11 is 3.65. The topological polar surface area (TPSA) is 58.6 Å². The van der Waals surface area contributed by atoms with Crippen LogP contribution in [0.1, 0.15) is 37.0 Å². The number of hydrogen-bond donors (Lipinski definition) is 1. The Labute approximate surface area is 239 Å². The molecule has 4 rings (SSSR count). The van der Waals surface area contributed by atoms with E-state index in [0.717, 1.165) is 38.4 Å². The predicted octanol–water partition coefficient (Wildman–Crippen LogP) is 6.84. The molecule has 0 fully saturated rings. The van der Waals surface area contributed by atoms with Gasteiger partial charge >= 0.3 is 0 Å². The molecule has 0 aliphatic carbocycles. The average molecular weight is 588 g/mol. The van der Waals surface area contributed by atoms with Crippen LogP contribution in [0.5, 0.6) is 5.75 Å². The lowest BCUT2D eigenvalue weighted by Gasteiger charge is -2.32. The highest BCUT2D eigenvalue weighted by molar-refractivity contribution is 9.10. The molecular formula is C33H35BrN2O3. The monoisotopic (exact) mass is 586 g/mol. The third kappa shape index (κ3) is 7.48. The smallest absolute Gasteiger partial charge is 0.261 e. The molecule has 0 aliphatic heterocycles. The van der Waals surface area contributed by atoms with Gasteiger partial charge in [0.2, 0.25) is 5.91 Å². The number of halogens is 1. The Kier molecular flexibility index (Phi) is 9.77. The molecule has 1 N–H and O–H groups in total. The van der Waals surface area contributed by atoms with E-state index in [1.165, 1.54) is 0 Å². The summed E-state index contributed by atoms with van der Waals surface area (Å²) in [6, 6.07) is 29.0.